The van der Waals surface area contributed by atoms with Crippen molar-refractivity contribution < 1.29 is 0 Å². The molecule has 2 rings (SSSR count). The molecule has 11 heavy (non-hydrogen) atoms. The van der Waals surface area contributed by atoms with Crippen LogP contribution in [-0.2, 0) is 12.8 Å². The van der Waals surface area contributed by atoms with Crippen molar-refractivity contribution in [1.29, 1.82) is 0 Å². The monoisotopic (exact) mass is 165 g/mol. The zero-order valence-corrected chi connectivity index (χ0v) is 7.45. The molecule has 1 aliphatic rings. The molecule has 58 valence electrons. The summed E-state index contributed by atoms with van der Waals surface area (Å²) in [5, 5.41) is 0. The van der Waals surface area contributed by atoms with Gasteiger partial charge in [-0.2, -0.15) is 0 Å². The van der Waals surface area contributed by atoms with E-state index in [-0.39, 0.29) is 0 Å². The van der Waals surface area contributed by atoms with Crippen LogP contribution in [0.2, 0.25) is 0 Å². The topological polar surface area (TPSA) is 12.9 Å². The van der Waals surface area contributed by atoms with E-state index < -0.39 is 0 Å². The number of aromatic nitrogens is 1. The molecular formula is C9H11NS. The second-order valence-corrected chi connectivity index (χ2v) is 3.64. The second kappa shape index (κ2) is 2.86. The molecule has 0 N–H and O–H groups in total. The van der Waals surface area contributed by atoms with E-state index in [1.165, 1.54) is 35.4 Å². The highest BCUT2D eigenvalue weighted by Crippen LogP contribution is 2.28. The highest BCUT2D eigenvalue weighted by atomic mass is 32.2. The maximum Gasteiger partial charge on any atom is 0.0446 e. The second-order valence-electron chi connectivity index (χ2n) is 2.79. The molecule has 0 spiro atoms. The van der Waals surface area contributed by atoms with E-state index in [1.54, 1.807) is 0 Å². The summed E-state index contributed by atoms with van der Waals surface area (Å²) in [7, 11) is 0. The first kappa shape index (κ1) is 7.17. The van der Waals surface area contributed by atoms with Crippen LogP contribution in [0.3, 0.4) is 0 Å². The first-order valence-electron chi connectivity index (χ1n) is 3.92. The molecule has 0 aromatic carbocycles. The maximum atomic E-state index is 4.35. The number of rotatable bonds is 1. The first-order valence-corrected chi connectivity index (χ1v) is 5.15. The van der Waals surface area contributed by atoms with Gasteiger partial charge in [-0.1, -0.05) is 0 Å². The maximum absolute atomic E-state index is 4.35. The Hall–Kier alpha value is -0.500. The Balaban J connectivity index is 2.50. The van der Waals surface area contributed by atoms with Gasteiger partial charge in [0.25, 0.3) is 0 Å². The third-order valence-corrected chi connectivity index (χ3v) is 2.98. The molecule has 1 heterocycles. The molecule has 0 saturated carbocycles. The minimum Gasteiger partial charge on any atom is -0.261 e. The van der Waals surface area contributed by atoms with Crippen LogP contribution in [0.5, 0.6) is 0 Å². The number of aryl methyl sites for hydroxylation is 1. The Kier molecular flexibility index (Phi) is 1.86. The number of nitrogens with zero attached hydrogens (tertiary/aromatic N) is 1. The van der Waals surface area contributed by atoms with Crippen LogP contribution in [0.25, 0.3) is 0 Å². The van der Waals surface area contributed by atoms with E-state index in [0.29, 0.717) is 0 Å². The molecule has 0 atom stereocenters. The van der Waals surface area contributed by atoms with E-state index in [9.17, 15) is 0 Å². The van der Waals surface area contributed by atoms with Gasteiger partial charge in [0.05, 0.1) is 0 Å². The van der Waals surface area contributed by atoms with Gasteiger partial charge in [-0.3, -0.25) is 4.98 Å². The molecule has 0 fully saturated rings. The van der Waals surface area contributed by atoms with Crippen LogP contribution >= 0.6 is 11.8 Å². The summed E-state index contributed by atoms with van der Waals surface area (Å²) >= 11 is 1.83. The lowest BCUT2D eigenvalue weighted by Gasteiger charge is -2.02. The fraction of sp³-hybridized carbons (Fsp3) is 0.444. The Morgan fingerprint density at radius 2 is 2.36 bits per heavy atom. The minimum absolute atomic E-state index is 1.18. The van der Waals surface area contributed by atoms with Crippen molar-refractivity contribution in [3.05, 3.63) is 23.5 Å². The molecule has 1 aromatic heterocycles. The Morgan fingerprint density at radius 1 is 1.45 bits per heavy atom. The van der Waals surface area contributed by atoms with E-state index in [1.807, 2.05) is 18.0 Å². The summed E-state index contributed by atoms with van der Waals surface area (Å²) in [5.41, 5.74) is 2.83. The van der Waals surface area contributed by atoms with Crippen molar-refractivity contribution in [2.24, 2.45) is 0 Å². The van der Waals surface area contributed by atoms with Gasteiger partial charge in [0.2, 0.25) is 0 Å². The summed E-state index contributed by atoms with van der Waals surface area (Å²) in [6.45, 7) is 0. The van der Waals surface area contributed by atoms with Crippen molar-refractivity contribution >= 4 is 11.8 Å². The van der Waals surface area contributed by atoms with Crippen molar-refractivity contribution in [3.63, 3.8) is 0 Å². The summed E-state index contributed by atoms with van der Waals surface area (Å²) in [6, 6.07) is 2.12. The van der Waals surface area contributed by atoms with Crippen molar-refractivity contribution in [2.45, 2.75) is 24.2 Å². The highest BCUT2D eigenvalue weighted by molar-refractivity contribution is 7.98. The SMILES string of the molecule is CSc1ccnc2c1CCC2. The van der Waals surface area contributed by atoms with Crippen molar-refractivity contribution in [3.8, 4) is 0 Å². The zero-order chi connectivity index (χ0) is 7.68. The lowest BCUT2D eigenvalue weighted by Crippen LogP contribution is -1.88. The summed E-state index contributed by atoms with van der Waals surface area (Å²) in [5.74, 6) is 0. The first-order chi connectivity index (χ1) is 5.42. The largest absolute Gasteiger partial charge is 0.261 e. The van der Waals surface area contributed by atoms with Crippen LogP contribution in [0.4, 0.5) is 0 Å². The normalized spacial score (nSPS) is 15.0. The molecule has 0 amide bonds. The molecule has 0 aliphatic heterocycles. The van der Waals surface area contributed by atoms with E-state index >= 15 is 0 Å². The smallest absolute Gasteiger partial charge is 0.0446 e. The minimum atomic E-state index is 1.18. The van der Waals surface area contributed by atoms with Crippen LogP contribution in [-0.4, -0.2) is 11.2 Å². The summed E-state index contributed by atoms with van der Waals surface area (Å²) < 4.78 is 0. The third-order valence-electron chi connectivity index (χ3n) is 2.16. The third kappa shape index (κ3) is 1.16. The number of pyridine rings is 1. The molecule has 1 aliphatic carbocycles. The van der Waals surface area contributed by atoms with Gasteiger partial charge in [0, 0.05) is 16.8 Å². The predicted molar refractivity (Wildman–Crippen MR) is 48.0 cm³/mol. The zero-order valence-electron chi connectivity index (χ0n) is 6.63. The quantitative estimate of drug-likeness (QED) is 0.592. The molecule has 2 heteroatoms. The Labute approximate surface area is 71.2 Å². The van der Waals surface area contributed by atoms with Crippen LogP contribution in [0, 0.1) is 0 Å². The van der Waals surface area contributed by atoms with Crippen molar-refractivity contribution in [2.75, 3.05) is 6.26 Å². The van der Waals surface area contributed by atoms with Crippen molar-refractivity contribution in [1.82, 2.24) is 4.98 Å². The van der Waals surface area contributed by atoms with Gasteiger partial charge in [-0.25, -0.2) is 0 Å². The standard InChI is InChI=1S/C9H11NS/c1-11-9-5-6-10-8-4-2-3-7(8)9/h5-6H,2-4H2,1H3. The summed E-state index contributed by atoms with van der Waals surface area (Å²) in [6.07, 6.45) is 7.77. The molecular weight excluding hydrogens is 154 g/mol. The lowest BCUT2D eigenvalue weighted by atomic mass is 10.2. The fourth-order valence-electron chi connectivity index (χ4n) is 1.62. The van der Waals surface area contributed by atoms with Crippen LogP contribution in [0.1, 0.15) is 17.7 Å². The van der Waals surface area contributed by atoms with E-state index in [4.69, 9.17) is 0 Å². The highest BCUT2D eigenvalue weighted by Gasteiger charge is 2.14. The van der Waals surface area contributed by atoms with Gasteiger partial charge in [0.1, 0.15) is 0 Å². The Bertz CT molecular complexity index is 270. The fourth-order valence-corrected chi connectivity index (χ4v) is 2.29. The van der Waals surface area contributed by atoms with Gasteiger partial charge in [0.15, 0.2) is 0 Å². The molecule has 1 aromatic rings. The number of hydrogen-bond acceptors (Lipinski definition) is 2. The van der Waals surface area contributed by atoms with Gasteiger partial charge < -0.3 is 0 Å². The number of fused-ring (bicyclic) bond motifs is 1. The van der Waals surface area contributed by atoms with Crippen LogP contribution < -0.4 is 0 Å². The molecule has 0 saturated heterocycles. The molecule has 1 nitrogen and oxygen atoms in total. The number of thioether (sulfide) groups is 1. The molecule has 0 unspecified atom stereocenters. The predicted octanol–water partition coefficient (Wildman–Crippen LogP) is 2.29. The van der Waals surface area contributed by atoms with E-state index in [0.717, 1.165) is 0 Å². The van der Waals surface area contributed by atoms with Gasteiger partial charge >= 0.3 is 0 Å². The summed E-state index contributed by atoms with van der Waals surface area (Å²) in [4.78, 5) is 5.78. The molecule has 0 radical (unpaired) electrons. The number of hydrogen-bond donors (Lipinski definition) is 0. The Morgan fingerprint density at radius 3 is 3.18 bits per heavy atom. The molecule has 0 bridgehead atoms. The van der Waals surface area contributed by atoms with Gasteiger partial charge in [-0.05, 0) is 37.1 Å². The average molecular weight is 165 g/mol. The lowest BCUT2D eigenvalue weighted by molar-refractivity contribution is 0.897. The van der Waals surface area contributed by atoms with Crippen LogP contribution in [0.15, 0.2) is 17.2 Å². The average Bonchev–Trinajstić information content (AvgIpc) is 2.50. The van der Waals surface area contributed by atoms with E-state index in [2.05, 4.69) is 17.3 Å². The van der Waals surface area contributed by atoms with Gasteiger partial charge in [-0.15, -0.1) is 11.8 Å².